The number of methoxy groups -OCH3 is 1. The Kier molecular flexibility index (Phi) is 4.62. The normalized spacial score (nSPS) is 33.8. The van der Waals surface area contributed by atoms with E-state index in [2.05, 4.69) is 12.2 Å². The maximum Gasteiger partial charge on any atom is 0.0986 e. The van der Waals surface area contributed by atoms with Crippen LogP contribution in [-0.2, 0) is 9.47 Å². The zero-order valence-electron chi connectivity index (χ0n) is 10.6. The molecule has 2 fully saturated rings. The molecule has 1 N–H and O–H groups in total. The van der Waals surface area contributed by atoms with E-state index in [0.29, 0.717) is 12.1 Å². The molecular weight excluding hydrogens is 202 g/mol. The summed E-state index contributed by atoms with van der Waals surface area (Å²) in [6, 6.07) is 0.510. The Balaban J connectivity index is 1.59. The van der Waals surface area contributed by atoms with Gasteiger partial charge in [0.1, 0.15) is 0 Å². The van der Waals surface area contributed by atoms with Crippen molar-refractivity contribution >= 4 is 0 Å². The van der Waals surface area contributed by atoms with E-state index >= 15 is 0 Å². The van der Waals surface area contributed by atoms with Gasteiger partial charge >= 0.3 is 0 Å². The molecule has 3 heteroatoms. The van der Waals surface area contributed by atoms with Crippen LogP contribution in [0, 0.1) is 5.92 Å². The highest BCUT2D eigenvalue weighted by atomic mass is 16.5. The fourth-order valence-electron chi connectivity index (χ4n) is 2.38. The van der Waals surface area contributed by atoms with Crippen LogP contribution in [0.5, 0.6) is 0 Å². The number of rotatable bonds is 8. The summed E-state index contributed by atoms with van der Waals surface area (Å²) >= 11 is 0. The Bertz CT molecular complexity index is 206. The Morgan fingerprint density at radius 1 is 1.31 bits per heavy atom. The first kappa shape index (κ1) is 12.3. The molecule has 2 aliphatic carbocycles. The van der Waals surface area contributed by atoms with Gasteiger partial charge in [-0.25, -0.2) is 0 Å². The van der Waals surface area contributed by atoms with Gasteiger partial charge in [-0.05, 0) is 31.7 Å². The van der Waals surface area contributed by atoms with Crippen molar-refractivity contribution in [3.05, 3.63) is 0 Å². The number of hydrogen-bond donors (Lipinski definition) is 1. The van der Waals surface area contributed by atoms with Crippen molar-refractivity contribution in [2.45, 2.75) is 57.3 Å². The van der Waals surface area contributed by atoms with Gasteiger partial charge < -0.3 is 14.8 Å². The van der Waals surface area contributed by atoms with Crippen LogP contribution in [0.25, 0.3) is 0 Å². The van der Waals surface area contributed by atoms with E-state index in [1.54, 1.807) is 7.11 Å². The van der Waals surface area contributed by atoms with Crippen LogP contribution in [0.2, 0.25) is 0 Å². The fraction of sp³-hybridized carbons (Fsp3) is 1.00. The summed E-state index contributed by atoms with van der Waals surface area (Å²) in [5.41, 5.74) is 0. The van der Waals surface area contributed by atoms with E-state index in [4.69, 9.17) is 9.47 Å². The minimum absolute atomic E-state index is 0.269. The molecule has 94 valence electrons. The minimum Gasteiger partial charge on any atom is -0.377 e. The lowest BCUT2D eigenvalue weighted by Crippen LogP contribution is -2.59. The summed E-state index contributed by atoms with van der Waals surface area (Å²) in [6.07, 6.45) is 6.98. The predicted molar refractivity (Wildman–Crippen MR) is 64.6 cm³/mol. The molecule has 0 radical (unpaired) electrons. The second-order valence-electron chi connectivity index (χ2n) is 5.14. The summed E-state index contributed by atoms with van der Waals surface area (Å²) in [7, 11) is 1.79. The van der Waals surface area contributed by atoms with Gasteiger partial charge in [-0.3, -0.25) is 0 Å². The van der Waals surface area contributed by atoms with Crippen LogP contribution in [0.1, 0.15) is 39.0 Å². The fourth-order valence-corrected chi connectivity index (χ4v) is 2.38. The highest BCUT2D eigenvalue weighted by Crippen LogP contribution is 2.33. The minimum atomic E-state index is 0.269. The standard InChI is InChI=1S/C13H25NO2/c1-3-7-14-11-9-12(13(11)15-2)16-8-6-10-4-5-10/h10-14H,3-9H2,1-2H3. The molecule has 0 aromatic heterocycles. The van der Waals surface area contributed by atoms with Crippen LogP contribution < -0.4 is 5.32 Å². The molecule has 0 heterocycles. The highest BCUT2D eigenvalue weighted by Gasteiger charge is 2.41. The van der Waals surface area contributed by atoms with Gasteiger partial charge in [-0.2, -0.15) is 0 Å². The number of ether oxygens (including phenoxy) is 2. The molecule has 0 amide bonds. The van der Waals surface area contributed by atoms with Crippen molar-refractivity contribution in [3.63, 3.8) is 0 Å². The smallest absolute Gasteiger partial charge is 0.0986 e. The first-order chi connectivity index (χ1) is 7.85. The van der Waals surface area contributed by atoms with Gasteiger partial charge in [0.2, 0.25) is 0 Å². The van der Waals surface area contributed by atoms with Crippen LogP contribution in [0.4, 0.5) is 0 Å². The van der Waals surface area contributed by atoms with Gasteiger partial charge in [0.15, 0.2) is 0 Å². The summed E-state index contributed by atoms with van der Waals surface area (Å²) in [6.45, 7) is 4.20. The molecule has 2 aliphatic rings. The topological polar surface area (TPSA) is 30.5 Å². The SMILES string of the molecule is CCCNC1CC(OCCC2CC2)C1OC. The molecule has 0 bridgehead atoms. The van der Waals surface area contributed by atoms with E-state index in [0.717, 1.165) is 25.5 Å². The maximum atomic E-state index is 5.88. The quantitative estimate of drug-likeness (QED) is 0.687. The Hall–Kier alpha value is -0.120. The van der Waals surface area contributed by atoms with E-state index in [1.807, 2.05) is 0 Å². The van der Waals surface area contributed by atoms with Crippen molar-refractivity contribution in [1.82, 2.24) is 5.32 Å². The lowest BCUT2D eigenvalue weighted by atomic mass is 9.85. The number of nitrogens with one attached hydrogen (secondary N) is 1. The van der Waals surface area contributed by atoms with Crippen LogP contribution >= 0.6 is 0 Å². The molecule has 0 aromatic rings. The molecule has 0 aliphatic heterocycles. The molecular formula is C13H25NO2. The third-order valence-electron chi connectivity index (χ3n) is 3.73. The summed E-state index contributed by atoms with van der Waals surface area (Å²) in [5, 5.41) is 3.51. The predicted octanol–water partition coefficient (Wildman–Crippen LogP) is 1.96. The Morgan fingerprint density at radius 2 is 2.12 bits per heavy atom. The van der Waals surface area contributed by atoms with Crippen LogP contribution in [-0.4, -0.2) is 38.5 Å². The molecule has 3 atom stereocenters. The van der Waals surface area contributed by atoms with Crippen molar-refractivity contribution in [3.8, 4) is 0 Å². The molecule has 16 heavy (non-hydrogen) atoms. The molecule has 0 spiro atoms. The number of hydrogen-bond acceptors (Lipinski definition) is 3. The zero-order chi connectivity index (χ0) is 11.4. The van der Waals surface area contributed by atoms with Crippen molar-refractivity contribution in [2.75, 3.05) is 20.3 Å². The Labute approximate surface area is 98.9 Å². The Morgan fingerprint density at radius 3 is 2.75 bits per heavy atom. The molecule has 2 saturated carbocycles. The van der Waals surface area contributed by atoms with E-state index in [9.17, 15) is 0 Å². The lowest BCUT2D eigenvalue weighted by Gasteiger charge is -2.43. The van der Waals surface area contributed by atoms with Gasteiger partial charge in [0, 0.05) is 19.8 Å². The third-order valence-corrected chi connectivity index (χ3v) is 3.73. The summed E-state index contributed by atoms with van der Waals surface area (Å²) in [5.74, 6) is 0.968. The second kappa shape index (κ2) is 5.99. The van der Waals surface area contributed by atoms with E-state index in [1.165, 1.54) is 25.7 Å². The van der Waals surface area contributed by atoms with Gasteiger partial charge in [-0.1, -0.05) is 19.8 Å². The maximum absolute atomic E-state index is 5.88. The average molecular weight is 227 g/mol. The highest BCUT2D eigenvalue weighted by molar-refractivity contribution is 4.97. The van der Waals surface area contributed by atoms with E-state index in [-0.39, 0.29) is 6.10 Å². The van der Waals surface area contributed by atoms with Crippen LogP contribution in [0.3, 0.4) is 0 Å². The summed E-state index contributed by atoms with van der Waals surface area (Å²) < 4.78 is 11.4. The van der Waals surface area contributed by atoms with Crippen molar-refractivity contribution in [2.24, 2.45) is 5.92 Å². The zero-order valence-corrected chi connectivity index (χ0v) is 10.6. The van der Waals surface area contributed by atoms with Gasteiger partial charge in [0.25, 0.3) is 0 Å². The first-order valence-electron chi connectivity index (χ1n) is 6.73. The molecule has 3 nitrogen and oxygen atoms in total. The average Bonchev–Trinajstić information content (AvgIpc) is 3.05. The first-order valence-corrected chi connectivity index (χ1v) is 6.73. The molecule has 0 aromatic carbocycles. The van der Waals surface area contributed by atoms with Crippen molar-refractivity contribution in [1.29, 1.82) is 0 Å². The van der Waals surface area contributed by atoms with Crippen LogP contribution in [0.15, 0.2) is 0 Å². The van der Waals surface area contributed by atoms with Gasteiger partial charge in [0.05, 0.1) is 12.2 Å². The van der Waals surface area contributed by atoms with Crippen molar-refractivity contribution < 1.29 is 9.47 Å². The third kappa shape index (κ3) is 3.19. The molecule has 0 saturated heterocycles. The summed E-state index contributed by atoms with van der Waals surface area (Å²) in [4.78, 5) is 0. The monoisotopic (exact) mass is 227 g/mol. The molecule has 3 unspecified atom stereocenters. The second-order valence-corrected chi connectivity index (χ2v) is 5.14. The lowest BCUT2D eigenvalue weighted by molar-refractivity contribution is -0.134. The van der Waals surface area contributed by atoms with Gasteiger partial charge in [-0.15, -0.1) is 0 Å². The largest absolute Gasteiger partial charge is 0.377 e. The molecule has 2 rings (SSSR count). The van der Waals surface area contributed by atoms with E-state index < -0.39 is 0 Å².